The van der Waals surface area contributed by atoms with Crippen molar-refractivity contribution in [2.45, 2.75) is 0 Å². The number of nitrogens with one attached hydrogen (secondary N) is 2. The summed E-state index contributed by atoms with van der Waals surface area (Å²) in [5, 5.41) is 7.56. The number of hydrogen-bond acceptors (Lipinski definition) is 7. The van der Waals surface area contributed by atoms with Gasteiger partial charge in [-0.3, -0.25) is 4.72 Å². The average molecular weight is 358 g/mol. The maximum absolute atomic E-state index is 11.2. The van der Waals surface area contributed by atoms with Crippen LogP contribution in [0.4, 0.5) is 11.6 Å². The Morgan fingerprint density at radius 1 is 1.35 bits per heavy atom. The zero-order chi connectivity index (χ0) is 16.4. The number of benzene rings is 1. The number of hydrogen-bond donors (Lipinski definition) is 2. The summed E-state index contributed by atoms with van der Waals surface area (Å²) in [6.07, 6.45) is 1.08. The molecule has 0 radical (unpaired) electrons. The van der Waals surface area contributed by atoms with E-state index in [4.69, 9.17) is 16.1 Å². The first-order valence-electron chi connectivity index (χ1n) is 6.99. The second-order valence-electron chi connectivity index (χ2n) is 5.21. The largest absolute Gasteiger partial charge is 0.336 e. The lowest BCUT2D eigenvalue weighted by Crippen LogP contribution is -2.44. The van der Waals surface area contributed by atoms with Crippen LogP contribution in [0.5, 0.6) is 0 Å². The molecule has 10 heteroatoms. The van der Waals surface area contributed by atoms with Crippen molar-refractivity contribution < 1.29 is 12.9 Å². The first-order chi connectivity index (χ1) is 10.9. The molecule has 23 heavy (non-hydrogen) atoms. The summed E-state index contributed by atoms with van der Waals surface area (Å²) >= 11 is 6.20. The molecule has 0 bridgehead atoms. The molecule has 1 aliphatic rings. The van der Waals surface area contributed by atoms with Crippen molar-refractivity contribution in [1.82, 2.24) is 15.5 Å². The Balaban J connectivity index is 1.83. The molecule has 124 valence electrons. The van der Waals surface area contributed by atoms with Gasteiger partial charge in [0.1, 0.15) is 0 Å². The van der Waals surface area contributed by atoms with E-state index >= 15 is 0 Å². The van der Waals surface area contributed by atoms with Gasteiger partial charge in [0.2, 0.25) is 10.0 Å². The predicted octanol–water partition coefficient (Wildman–Crippen LogP) is 1.17. The van der Waals surface area contributed by atoms with E-state index in [9.17, 15) is 8.42 Å². The lowest BCUT2D eigenvalue weighted by atomic mass is 10.2. The Labute approximate surface area is 138 Å². The monoisotopic (exact) mass is 357 g/mol. The second kappa shape index (κ2) is 6.34. The molecule has 1 aromatic carbocycles. The van der Waals surface area contributed by atoms with E-state index in [1.165, 1.54) is 6.07 Å². The fraction of sp³-hybridized carbons (Fsp3) is 0.385. The van der Waals surface area contributed by atoms with Gasteiger partial charge in [-0.05, 0) is 23.4 Å². The van der Waals surface area contributed by atoms with Crippen LogP contribution in [0.2, 0.25) is 5.02 Å². The minimum Gasteiger partial charge on any atom is -0.336 e. The Bertz CT molecular complexity index is 802. The summed E-state index contributed by atoms with van der Waals surface area (Å²) in [7, 11) is -3.35. The highest BCUT2D eigenvalue weighted by molar-refractivity contribution is 7.92. The lowest BCUT2D eigenvalue weighted by molar-refractivity contribution is 0.427. The predicted molar refractivity (Wildman–Crippen MR) is 88.3 cm³/mol. The average Bonchev–Trinajstić information content (AvgIpc) is 2.96. The van der Waals surface area contributed by atoms with Gasteiger partial charge in [-0.15, -0.1) is 0 Å². The maximum Gasteiger partial charge on any atom is 0.266 e. The highest BCUT2D eigenvalue weighted by Crippen LogP contribution is 2.30. The smallest absolute Gasteiger partial charge is 0.266 e. The van der Waals surface area contributed by atoms with Crippen molar-refractivity contribution >= 4 is 33.3 Å². The molecule has 0 unspecified atom stereocenters. The molecule has 3 rings (SSSR count). The Kier molecular flexibility index (Phi) is 4.42. The molecule has 8 nitrogen and oxygen atoms in total. The van der Waals surface area contributed by atoms with Crippen molar-refractivity contribution in [3.8, 4) is 11.5 Å². The molecule has 1 fully saturated rings. The topological polar surface area (TPSA) is 100 Å². The standard InChI is InChI=1S/C13H16ClN5O3S/c1-23(20,21)18-9-2-3-10(11(14)8-9)12-16-13(17-22-12)19-6-4-15-5-7-19/h2-3,8,15,18H,4-7H2,1H3. The second-order valence-corrected chi connectivity index (χ2v) is 7.36. The van der Waals surface area contributed by atoms with Crippen LogP contribution in [0.3, 0.4) is 0 Å². The number of piperazine rings is 1. The summed E-state index contributed by atoms with van der Waals surface area (Å²) < 4.78 is 30.1. The third kappa shape index (κ3) is 3.92. The first kappa shape index (κ1) is 16.0. The molecule has 2 aromatic rings. The molecule has 0 atom stereocenters. The molecular formula is C13H16ClN5O3S. The summed E-state index contributed by atoms with van der Waals surface area (Å²) in [5.74, 6) is 0.824. The minimum atomic E-state index is -3.35. The maximum atomic E-state index is 11.2. The Morgan fingerprint density at radius 2 is 2.09 bits per heavy atom. The van der Waals surface area contributed by atoms with Crippen molar-refractivity contribution in [2.24, 2.45) is 0 Å². The number of sulfonamides is 1. The van der Waals surface area contributed by atoms with E-state index in [-0.39, 0.29) is 0 Å². The number of nitrogens with zero attached hydrogens (tertiary/aromatic N) is 3. The number of anilines is 2. The Hall–Kier alpha value is -1.84. The normalized spacial score (nSPS) is 15.7. The van der Waals surface area contributed by atoms with E-state index in [1.54, 1.807) is 12.1 Å². The molecule has 2 N–H and O–H groups in total. The third-order valence-electron chi connectivity index (χ3n) is 3.32. The van der Waals surface area contributed by atoms with Crippen molar-refractivity contribution in [2.75, 3.05) is 42.1 Å². The van der Waals surface area contributed by atoms with Gasteiger partial charge in [0.05, 0.1) is 16.8 Å². The summed E-state index contributed by atoms with van der Waals surface area (Å²) in [6, 6.07) is 4.74. The van der Waals surface area contributed by atoms with Gasteiger partial charge in [-0.25, -0.2) is 8.42 Å². The number of rotatable bonds is 4. The van der Waals surface area contributed by atoms with Crippen LogP contribution in [-0.2, 0) is 10.0 Å². The van der Waals surface area contributed by atoms with Crippen LogP contribution in [0, 0.1) is 0 Å². The highest BCUT2D eigenvalue weighted by atomic mass is 35.5. The van der Waals surface area contributed by atoms with Gasteiger partial charge in [0.15, 0.2) is 0 Å². The van der Waals surface area contributed by atoms with Crippen LogP contribution in [0.15, 0.2) is 22.7 Å². The van der Waals surface area contributed by atoms with Gasteiger partial charge in [0, 0.05) is 31.9 Å². The molecule has 1 aromatic heterocycles. The van der Waals surface area contributed by atoms with Crippen LogP contribution in [-0.4, -0.2) is 51.0 Å². The van der Waals surface area contributed by atoms with Crippen molar-refractivity contribution in [3.05, 3.63) is 23.2 Å². The SMILES string of the molecule is CS(=O)(=O)Nc1ccc(-c2nc(N3CCNCC3)no2)c(Cl)c1. The van der Waals surface area contributed by atoms with Crippen LogP contribution < -0.4 is 14.9 Å². The quantitative estimate of drug-likeness (QED) is 0.847. The van der Waals surface area contributed by atoms with Crippen LogP contribution in [0.25, 0.3) is 11.5 Å². The molecule has 2 heterocycles. The number of aromatic nitrogens is 2. The van der Waals surface area contributed by atoms with E-state index in [0.29, 0.717) is 28.1 Å². The Morgan fingerprint density at radius 3 is 2.74 bits per heavy atom. The zero-order valence-electron chi connectivity index (χ0n) is 12.4. The van der Waals surface area contributed by atoms with E-state index < -0.39 is 10.0 Å². The van der Waals surface area contributed by atoms with Gasteiger partial charge >= 0.3 is 0 Å². The molecule has 0 saturated carbocycles. The van der Waals surface area contributed by atoms with Crippen LogP contribution in [0.1, 0.15) is 0 Å². The van der Waals surface area contributed by atoms with E-state index in [1.807, 2.05) is 4.90 Å². The molecule has 0 aliphatic carbocycles. The molecule has 1 aliphatic heterocycles. The van der Waals surface area contributed by atoms with Gasteiger partial charge < -0.3 is 14.7 Å². The van der Waals surface area contributed by atoms with Gasteiger partial charge in [0.25, 0.3) is 11.8 Å². The van der Waals surface area contributed by atoms with Crippen molar-refractivity contribution in [1.29, 1.82) is 0 Å². The molecule has 0 amide bonds. The highest BCUT2D eigenvalue weighted by Gasteiger charge is 2.19. The summed E-state index contributed by atoms with van der Waals surface area (Å²) in [6.45, 7) is 3.36. The first-order valence-corrected chi connectivity index (χ1v) is 9.26. The summed E-state index contributed by atoms with van der Waals surface area (Å²) in [5.41, 5.74) is 0.933. The summed E-state index contributed by atoms with van der Waals surface area (Å²) in [4.78, 5) is 6.39. The zero-order valence-corrected chi connectivity index (χ0v) is 14.0. The van der Waals surface area contributed by atoms with Gasteiger partial charge in [-0.1, -0.05) is 11.6 Å². The van der Waals surface area contributed by atoms with Gasteiger partial charge in [-0.2, -0.15) is 4.98 Å². The minimum absolute atomic E-state index is 0.300. The third-order valence-corrected chi connectivity index (χ3v) is 4.24. The number of halogens is 1. The lowest BCUT2D eigenvalue weighted by Gasteiger charge is -2.25. The van der Waals surface area contributed by atoms with E-state index in [2.05, 4.69) is 20.2 Å². The molecule has 1 saturated heterocycles. The van der Waals surface area contributed by atoms with Crippen LogP contribution >= 0.6 is 11.6 Å². The molecular weight excluding hydrogens is 342 g/mol. The van der Waals surface area contributed by atoms with E-state index in [0.717, 1.165) is 32.4 Å². The fourth-order valence-corrected chi connectivity index (χ4v) is 3.10. The fourth-order valence-electron chi connectivity index (χ4n) is 2.28. The van der Waals surface area contributed by atoms with Crippen molar-refractivity contribution in [3.63, 3.8) is 0 Å². The molecule has 0 spiro atoms.